The zero-order valence-corrected chi connectivity index (χ0v) is 12.1. The molecule has 20 heavy (non-hydrogen) atoms. The predicted octanol–water partition coefficient (Wildman–Crippen LogP) is 0.0164. The Hall–Kier alpha value is -1.67. The topological polar surface area (TPSA) is 105 Å². The number of anilines is 1. The van der Waals surface area contributed by atoms with Gasteiger partial charge in [0.05, 0.1) is 17.5 Å². The molecule has 1 aliphatic heterocycles. The molecule has 0 radical (unpaired) electrons. The Morgan fingerprint density at radius 2 is 2.10 bits per heavy atom. The van der Waals surface area contributed by atoms with Gasteiger partial charge in [-0.2, -0.15) is 0 Å². The van der Waals surface area contributed by atoms with E-state index in [0.29, 0.717) is 37.2 Å². The number of hydrogen-bond acceptors (Lipinski definition) is 5. The van der Waals surface area contributed by atoms with Gasteiger partial charge in [-0.15, -0.1) is 0 Å². The quantitative estimate of drug-likeness (QED) is 0.815. The minimum Gasteiger partial charge on any atom is -0.381 e. The van der Waals surface area contributed by atoms with Crippen molar-refractivity contribution in [2.75, 3.05) is 24.7 Å². The maximum absolute atomic E-state index is 11.4. The van der Waals surface area contributed by atoms with Crippen molar-refractivity contribution >= 4 is 21.6 Å². The zero-order valence-electron chi connectivity index (χ0n) is 11.2. The molecular formula is C12H18N4O3S. The highest BCUT2D eigenvalue weighted by atomic mass is 32.2. The predicted molar refractivity (Wildman–Crippen MR) is 75.8 cm³/mol. The summed E-state index contributed by atoms with van der Waals surface area (Å²) in [7, 11) is -3.12. The third kappa shape index (κ3) is 3.45. The van der Waals surface area contributed by atoms with Crippen LogP contribution in [0.1, 0.15) is 23.2 Å². The Balaban J connectivity index is 2.02. The fourth-order valence-electron chi connectivity index (χ4n) is 2.27. The van der Waals surface area contributed by atoms with Gasteiger partial charge >= 0.3 is 0 Å². The summed E-state index contributed by atoms with van der Waals surface area (Å²) in [6.07, 6.45) is 5.60. The molecule has 0 spiro atoms. The lowest BCUT2D eigenvalue weighted by Crippen LogP contribution is -2.42. The number of amides is 1. The van der Waals surface area contributed by atoms with E-state index in [4.69, 9.17) is 5.73 Å². The van der Waals surface area contributed by atoms with Crippen LogP contribution in [0.15, 0.2) is 18.5 Å². The van der Waals surface area contributed by atoms with Gasteiger partial charge < -0.3 is 11.1 Å². The van der Waals surface area contributed by atoms with Crippen LogP contribution in [0.4, 0.5) is 5.69 Å². The van der Waals surface area contributed by atoms with E-state index in [-0.39, 0.29) is 6.04 Å². The van der Waals surface area contributed by atoms with Crippen LogP contribution >= 0.6 is 0 Å². The van der Waals surface area contributed by atoms with Gasteiger partial charge in [0.15, 0.2) is 0 Å². The van der Waals surface area contributed by atoms with Gasteiger partial charge in [0, 0.05) is 31.5 Å². The van der Waals surface area contributed by atoms with Gasteiger partial charge in [-0.1, -0.05) is 0 Å². The molecule has 8 heteroatoms. The van der Waals surface area contributed by atoms with Gasteiger partial charge in [0.25, 0.3) is 5.91 Å². The molecule has 0 unspecified atom stereocenters. The molecule has 1 saturated heterocycles. The van der Waals surface area contributed by atoms with Crippen LogP contribution in [0.25, 0.3) is 0 Å². The van der Waals surface area contributed by atoms with E-state index < -0.39 is 15.9 Å². The summed E-state index contributed by atoms with van der Waals surface area (Å²) in [4.78, 5) is 15.2. The molecule has 0 atom stereocenters. The number of nitrogens with two attached hydrogens (primary N) is 1. The van der Waals surface area contributed by atoms with E-state index >= 15 is 0 Å². The average molecular weight is 298 g/mol. The Morgan fingerprint density at radius 1 is 1.45 bits per heavy atom. The first kappa shape index (κ1) is 14.7. The summed E-state index contributed by atoms with van der Waals surface area (Å²) in [6, 6.07) is 1.82. The molecule has 1 fully saturated rings. The number of piperidine rings is 1. The second kappa shape index (κ2) is 5.76. The molecule has 1 aliphatic rings. The van der Waals surface area contributed by atoms with Crippen LogP contribution in [0.3, 0.4) is 0 Å². The summed E-state index contributed by atoms with van der Waals surface area (Å²) in [6.45, 7) is 0.959. The molecule has 0 bridgehead atoms. The van der Waals surface area contributed by atoms with E-state index in [1.807, 2.05) is 0 Å². The Bertz CT molecular complexity index is 594. The highest BCUT2D eigenvalue weighted by Gasteiger charge is 2.25. The molecular weight excluding hydrogens is 280 g/mol. The monoisotopic (exact) mass is 298 g/mol. The van der Waals surface area contributed by atoms with Crippen LogP contribution in [-0.4, -0.2) is 49.0 Å². The molecule has 7 nitrogen and oxygen atoms in total. The van der Waals surface area contributed by atoms with Crippen molar-refractivity contribution in [3.05, 3.63) is 24.0 Å². The number of nitrogens with zero attached hydrogens (tertiary/aromatic N) is 2. The van der Waals surface area contributed by atoms with Crippen molar-refractivity contribution in [1.82, 2.24) is 9.29 Å². The van der Waals surface area contributed by atoms with Crippen LogP contribution in [0.5, 0.6) is 0 Å². The molecule has 2 heterocycles. The van der Waals surface area contributed by atoms with Crippen LogP contribution in [0, 0.1) is 0 Å². The number of pyridine rings is 1. The van der Waals surface area contributed by atoms with Crippen molar-refractivity contribution in [2.45, 2.75) is 18.9 Å². The Morgan fingerprint density at radius 3 is 2.65 bits per heavy atom. The van der Waals surface area contributed by atoms with Crippen molar-refractivity contribution in [3.63, 3.8) is 0 Å². The Labute approximate surface area is 118 Å². The fourth-order valence-corrected chi connectivity index (χ4v) is 3.14. The maximum Gasteiger partial charge on any atom is 0.252 e. The van der Waals surface area contributed by atoms with Crippen LogP contribution in [-0.2, 0) is 10.0 Å². The summed E-state index contributed by atoms with van der Waals surface area (Å²) in [5.41, 5.74) is 6.28. The molecule has 110 valence electrons. The lowest BCUT2D eigenvalue weighted by molar-refractivity contribution is 0.100. The number of primary amides is 1. The highest BCUT2D eigenvalue weighted by molar-refractivity contribution is 7.88. The van der Waals surface area contributed by atoms with Crippen molar-refractivity contribution in [2.24, 2.45) is 5.73 Å². The fraction of sp³-hybridized carbons (Fsp3) is 0.500. The van der Waals surface area contributed by atoms with E-state index in [9.17, 15) is 13.2 Å². The zero-order chi connectivity index (χ0) is 14.8. The normalized spacial score (nSPS) is 17.9. The summed E-state index contributed by atoms with van der Waals surface area (Å²) in [5.74, 6) is -0.533. The number of nitrogens with one attached hydrogen (secondary N) is 1. The minimum atomic E-state index is -3.12. The number of carbonyl (C=O) groups excluding carboxylic acids is 1. The molecule has 1 amide bonds. The van der Waals surface area contributed by atoms with Gasteiger partial charge in [-0.25, -0.2) is 12.7 Å². The summed E-state index contributed by atoms with van der Waals surface area (Å²) in [5, 5.41) is 3.24. The number of hydrogen-bond donors (Lipinski definition) is 2. The smallest absolute Gasteiger partial charge is 0.252 e. The first-order chi connectivity index (χ1) is 9.38. The molecule has 0 saturated carbocycles. The lowest BCUT2D eigenvalue weighted by atomic mass is 10.1. The average Bonchev–Trinajstić information content (AvgIpc) is 2.38. The highest BCUT2D eigenvalue weighted by Crippen LogP contribution is 2.20. The minimum absolute atomic E-state index is 0.119. The largest absolute Gasteiger partial charge is 0.381 e. The third-order valence-corrected chi connectivity index (χ3v) is 4.67. The molecule has 1 aromatic heterocycles. The van der Waals surface area contributed by atoms with Crippen LogP contribution in [0.2, 0.25) is 0 Å². The summed E-state index contributed by atoms with van der Waals surface area (Å²) >= 11 is 0. The lowest BCUT2D eigenvalue weighted by Gasteiger charge is -2.31. The second-order valence-corrected chi connectivity index (χ2v) is 6.85. The number of aromatic nitrogens is 1. The van der Waals surface area contributed by atoms with Crippen molar-refractivity contribution in [1.29, 1.82) is 0 Å². The molecule has 0 aliphatic carbocycles. The molecule has 0 aromatic carbocycles. The maximum atomic E-state index is 11.4. The van der Waals surface area contributed by atoms with Gasteiger partial charge in [0.2, 0.25) is 10.0 Å². The number of sulfonamides is 1. The van der Waals surface area contributed by atoms with Gasteiger partial charge in [0.1, 0.15) is 0 Å². The van der Waals surface area contributed by atoms with E-state index in [1.54, 1.807) is 12.3 Å². The second-order valence-electron chi connectivity index (χ2n) is 4.87. The first-order valence-electron chi connectivity index (χ1n) is 6.33. The van der Waals surface area contributed by atoms with Gasteiger partial charge in [-0.3, -0.25) is 9.78 Å². The SMILES string of the molecule is CS(=O)(=O)N1CCC(Nc2ccncc2C(N)=O)CC1. The van der Waals surface area contributed by atoms with E-state index in [2.05, 4.69) is 10.3 Å². The molecule has 2 rings (SSSR count). The summed E-state index contributed by atoms with van der Waals surface area (Å²) < 4.78 is 24.3. The third-order valence-electron chi connectivity index (χ3n) is 3.37. The molecule has 3 N–H and O–H groups in total. The Kier molecular flexibility index (Phi) is 4.24. The molecule has 1 aromatic rings. The van der Waals surface area contributed by atoms with E-state index in [0.717, 1.165) is 0 Å². The van der Waals surface area contributed by atoms with Gasteiger partial charge in [-0.05, 0) is 18.9 Å². The van der Waals surface area contributed by atoms with Crippen molar-refractivity contribution in [3.8, 4) is 0 Å². The number of rotatable bonds is 4. The van der Waals surface area contributed by atoms with Crippen LogP contribution < -0.4 is 11.1 Å². The van der Waals surface area contributed by atoms with Crippen molar-refractivity contribution < 1.29 is 13.2 Å². The first-order valence-corrected chi connectivity index (χ1v) is 8.18. The van der Waals surface area contributed by atoms with E-state index in [1.165, 1.54) is 16.8 Å². The number of carbonyl (C=O) groups is 1. The standard InChI is InChI=1S/C12H18N4O3S/c1-20(18,19)16-6-3-9(4-7-16)15-11-2-5-14-8-10(11)12(13)17/h2,5,8-9H,3-4,6-7H2,1H3,(H2,13,17)(H,14,15).